The van der Waals surface area contributed by atoms with Crippen molar-refractivity contribution >= 4 is 34.5 Å². The van der Waals surface area contributed by atoms with Crippen LogP contribution in [0.1, 0.15) is 50.4 Å². The monoisotopic (exact) mass is 452 g/mol. The lowest BCUT2D eigenvalue weighted by molar-refractivity contribution is 0.0312. The number of amides is 2. The van der Waals surface area contributed by atoms with E-state index >= 15 is 0 Å². The van der Waals surface area contributed by atoms with Crippen LogP contribution in [0.2, 0.25) is 0 Å². The van der Waals surface area contributed by atoms with Gasteiger partial charge in [0.2, 0.25) is 0 Å². The lowest BCUT2D eigenvalue weighted by Gasteiger charge is -2.31. The summed E-state index contributed by atoms with van der Waals surface area (Å²) in [7, 11) is 1.84. The van der Waals surface area contributed by atoms with Crippen LogP contribution in [0.25, 0.3) is 5.70 Å². The predicted molar refractivity (Wildman–Crippen MR) is 121 cm³/mol. The van der Waals surface area contributed by atoms with Gasteiger partial charge in [-0.25, -0.2) is 14.8 Å². The number of ketones is 1. The second kappa shape index (κ2) is 8.19. The van der Waals surface area contributed by atoms with E-state index in [9.17, 15) is 9.59 Å². The minimum Gasteiger partial charge on any atom is -0.381 e. The molecule has 32 heavy (non-hydrogen) atoms. The maximum Gasteiger partial charge on any atom is 0.333 e. The van der Waals surface area contributed by atoms with Gasteiger partial charge < -0.3 is 10.1 Å². The van der Waals surface area contributed by atoms with Crippen LogP contribution < -0.4 is 10.7 Å². The van der Waals surface area contributed by atoms with Crippen molar-refractivity contribution in [2.24, 2.45) is 10.2 Å². The van der Waals surface area contributed by atoms with E-state index < -0.39 is 6.04 Å². The zero-order valence-corrected chi connectivity index (χ0v) is 19.0. The molecule has 1 saturated heterocycles. The van der Waals surface area contributed by atoms with Crippen LogP contribution in [0, 0.1) is 13.8 Å². The first kappa shape index (κ1) is 20.9. The molecule has 2 aliphatic heterocycles. The standard InChI is InChI=1S/C22H24N6O3S/c1-11-21(32-12(2)23-11)19-17-18(25-26-19)14-5-4-6-15(16(14)20(17)29)24-22(30)27-28(3)13-7-9-31-10-8-13/h4-6,13,18H,7-10H2,1-3H3,(H2,24,27,30). The quantitative estimate of drug-likeness (QED) is 0.681. The summed E-state index contributed by atoms with van der Waals surface area (Å²) in [5.41, 5.74) is 6.55. The van der Waals surface area contributed by atoms with Crippen LogP contribution in [0.4, 0.5) is 10.5 Å². The summed E-state index contributed by atoms with van der Waals surface area (Å²) in [5, 5.41) is 14.3. The smallest absolute Gasteiger partial charge is 0.333 e. The van der Waals surface area contributed by atoms with Gasteiger partial charge in [0.15, 0.2) is 5.78 Å². The Labute approximate surface area is 189 Å². The molecule has 1 atom stereocenters. The Kier molecular flexibility index (Phi) is 5.36. The van der Waals surface area contributed by atoms with Gasteiger partial charge in [-0.1, -0.05) is 12.1 Å². The molecule has 1 aromatic heterocycles. The summed E-state index contributed by atoms with van der Waals surface area (Å²) < 4.78 is 5.38. The van der Waals surface area contributed by atoms with E-state index in [-0.39, 0.29) is 17.9 Å². The highest BCUT2D eigenvalue weighted by Gasteiger charge is 2.43. The average molecular weight is 453 g/mol. The van der Waals surface area contributed by atoms with Crippen molar-refractivity contribution in [3.63, 3.8) is 0 Å². The molecule has 0 saturated carbocycles. The number of azo groups is 1. The summed E-state index contributed by atoms with van der Waals surface area (Å²) >= 11 is 1.51. The fourth-order valence-electron chi connectivity index (χ4n) is 4.49. The number of hydrogen-bond donors (Lipinski definition) is 2. The molecular weight excluding hydrogens is 428 g/mol. The lowest BCUT2D eigenvalue weighted by Crippen LogP contribution is -2.49. The fraction of sp³-hybridized carbons (Fsp3) is 0.409. The highest BCUT2D eigenvalue weighted by Crippen LogP contribution is 2.50. The maximum atomic E-state index is 13.5. The number of anilines is 1. The van der Waals surface area contributed by atoms with Crippen molar-refractivity contribution in [3.05, 3.63) is 50.5 Å². The van der Waals surface area contributed by atoms with Crippen molar-refractivity contribution in [1.82, 2.24) is 15.4 Å². The molecule has 2 amide bonds. The van der Waals surface area contributed by atoms with E-state index in [1.807, 2.05) is 33.0 Å². The Morgan fingerprint density at radius 1 is 1.25 bits per heavy atom. The van der Waals surface area contributed by atoms with E-state index in [2.05, 4.69) is 26.0 Å². The SMILES string of the molecule is Cc1nc(C)c(C2=C3C(=O)c4c(NC(=O)NN(C)C5CCOCC5)cccc4C3N=N2)s1. The number of urea groups is 1. The first-order chi connectivity index (χ1) is 15.4. The Morgan fingerprint density at radius 3 is 2.75 bits per heavy atom. The number of carbonyl (C=O) groups excluding carboxylic acids is 2. The molecule has 5 rings (SSSR count). The number of benzene rings is 1. The molecule has 0 radical (unpaired) electrons. The molecule has 1 aromatic carbocycles. The normalized spacial score (nSPS) is 20.1. The number of Topliss-reactive ketones (excluding diaryl/α,β-unsaturated/α-hetero) is 1. The van der Waals surface area contributed by atoms with E-state index in [0.29, 0.717) is 35.7 Å². The number of nitrogens with one attached hydrogen (secondary N) is 2. The number of aryl methyl sites for hydroxylation is 2. The van der Waals surface area contributed by atoms with Gasteiger partial charge in [-0.15, -0.1) is 11.3 Å². The highest BCUT2D eigenvalue weighted by molar-refractivity contribution is 7.12. The van der Waals surface area contributed by atoms with Gasteiger partial charge in [0.1, 0.15) is 11.7 Å². The zero-order valence-electron chi connectivity index (χ0n) is 18.1. The van der Waals surface area contributed by atoms with Crippen LogP contribution in [0.15, 0.2) is 34.0 Å². The third-order valence-electron chi connectivity index (χ3n) is 6.05. The van der Waals surface area contributed by atoms with Gasteiger partial charge in [-0.2, -0.15) is 10.2 Å². The predicted octanol–water partition coefficient (Wildman–Crippen LogP) is 4.02. The fourth-order valence-corrected chi connectivity index (χ4v) is 5.41. The van der Waals surface area contributed by atoms with Crippen molar-refractivity contribution in [1.29, 1.82) is 0 Å². The topological polar surface area (TPSA) is 108 Å². The molecule has 1 fully saturated rings. The van der Waals surface area contributed by atoms with Gasteiger partial charge in [-0.3, -0.25) is 10.2 Å². The van der Waals surface area contributed by atoms with Crippen LogP contribution >= 0.6 is 11.3 Å². The van der Waals surface area contributed by atoms with E-state index in [1.54, 1.807) is 11.1 Å². The number of rotatable bonds is 4. The Morgan fingerprint density at radius 2 is 2.03 bits per heavy atom. The number of carbonyl (C=O) groups is 2. The number of fused-ring (bicyclic) bond motifs is 3. The number of hydrogen-bond acceptors (Lipinski definition) is 8. The van der Waals surface area contributed by atoms with Crippen LogP contribution in [0.3, 0.4) is 0 Å². The number of thiazole rings is 1. The van der Waals surface area contributed by atoms with Crippen LogP contribution in [0.5, 0.6) is 0 Å². The maximum absolute atomic E-state index is 13.5. The second-order valence-corrected chi connectivity index (χ2v) is 9.35. The molecule has 10 heteroatoms. The summed E-state index contributed by atoms with van der Waals surface area (Å²) in [6, 6.07) is 4.82. The number of ether oxygens (including phenoxy) is 1. The molecule has 0 spiro atoms. The molecule has 0 bridgehead atoms. The minimum atomic E-state index is -0.441. The molecule has 9 nitrogen and oxygen atoms in total. The van der Waals surface area contributed by atoms with Gasteiger partial charge in [-0.05, 0) is 38.3 Å². The molecular formula is C22H24N6O3S. The molecule has 3 aliphatic rings. The van der Waals surface area contributed by atoms with E-state index in [4.69, 9.17) is 4.74 Å². The third kappa shape index (κ3) is 3.54. The molecule has 2 N–H and O–H groups in total. The molecule has 166 valence electrons. The molecule has 1 unspecified atom stereocenters. The summed E-state index contributed by atoms with van der Waals surface area (Å²) in [6.45, 7) is 5.21. The minimum absolute atomic E-state index is 0.149. The second-order valence-electron chi connectivity index (χ2n) is 8.15. The van der Waals surface area contributed by atoms with E-state index in [1.165, 1.54) is 11.3 Å². The Hall–Kier alpha value is -2.95. The first-order valence-corrected chi connectivity index (χ1v) is 11.4. The number of nitrogens with zero attached hydrogens (tertiary/aromatic N) is 4. The molecule has 3 heterocycles. The van der Waals surface area contributed by atoms with Crippen molar-refractivity contribution < 1.29 is 14.3 Å². The van der Waals surface area contributed by atoms with E-state index in [0.717, 1.165) is 34.0 Å². The zero-order chi connectivity index (χ0) is 22.4. The summed E-state index contributed by atoms with van der Waals surface area (Å²) in [5.74, 6) is -0.149. The van der Waals surface area contributed by atoms with Gasteiger partial charge in [0.05, 0.1) is 32.4 Å². The average Bonchev–Trinajstić information content (AvgIpc) is 3.43. The molecule has 1 aliphatic carbocycles. The third-order valence-corrected chi connectivity index (χ3v) is 7.13. The van der Waals surface area contributed by atoms with Crippen molar-refractivity contribution in [3.8, 4) is 0 Å². The van der Waals surface area contributed by atoms with Crippen LogP contribution in [-0.4, -0.2) is 48.1 Å². The highest BCUT2D eigenvalue weighted by atomic mass is 32.1. The summed E-state index contributed by atoms with van der Waals surface area (Å²) in [4.78, 5) is 31.5. The summed E-state index contributed by atoms with van der Waals surface area (Å²) in [6.07, 6.45) is 1.71. The number of hydrazine groups is 1. The van der Waals surface area contributed by atoms with Crippen LogP contribution in [-0.2, 0) is 4.74 Å². The van der Waals surface area contributed by atoms with Gasteiger partial charge in [0.25, 0.3) is 0 Å². The first-order valence-electron chi connectivity index (χ1n) is 10.6. The van der Waals surface area contributed by atoms with Crippen molar-refractivity contribution in [2.45, 2.75) is 38.8 Å². The van der Waals surface area contributed by atoms with Gasteiger partial charge in [0, 0.05) is 26.3 Å². The lowest BCUT2D eigenvalue weighted by atomic mass is 10.1. The van der Waals surface area contributed by atoms with Gasteiger partial charge >= 0.3 is 6.03 Å². The number of aromatic nitrogens is 1. The Bertz CT molecular complexity index is 1160. The largest absolute Gasteiger partial charge is 0.381 e. The Balaban J connectivity index is 1.40. The van der Waals surface area contributed by atoms with Crippen molar-refractivity contribution in [2.75, 3.05) is 25.6 Å². The molecule has 2 aromatic rings.